The molecule has 0 saturated carbocycles. The van der Waals surface area contributed by atoms with Crippen molar-refractivity contribution in [3.05, 3.63) is 68.5 Å². The Kier molecular flexibility index (Phi) is 6.72. The average molecular weight is 420 g/mol. The van der Waals surface area contributed by atoms with Gasteiger partial charge in [-0.25, -0.2) is 9.59 Å². The Balaban J connectivity index is 1.89. The maximum absolute atomic E-state index is 12.7. The molecule has 8 heteroatoms. The number of thiophene rings is 1. The maximum Gasteiger partial charge on any atom is 0.338 e. The first kappa shape index (κ1) is 20.4. The van der Waals surface area contributed by atoms with Gasteiger partial charge in [0.2, 0.25) is 0 Å². The molecule has 3 N–H and O–H groups in total. The van der Waals surface area contributed by atoms with E-state index in [1.165, 1.54) is 11.3 Å². The van der Waals surface area contributed by atoms with Crippen molar-refractivity contribution >= 4 is 34.9 Å². The number of carbonyl (C=O) groups excluding carboxylic acids is 2. The molecule has 0 spiro atoms. The van der Waals surface area contributed by atoms with E-state index in [2.05, 4.69) is 16.0 Å². The van der Waals surface area contributed by atoms with Crippen LogP contribution in [-0.2, 0) is 9.53 Å². The first-order valence-corrected chi connectivity index (χ1v) is 10.3. The molecule has 0 radical (unpaired) electrons. The normalized spacial score (nSPS) is 17.7. The lowest BCUT2D eigenvalue weighted by Gasteiger charge is -2.29. The number of nitrogens with one attached hydrogen (secondary N) is 3. The van der Waals surface area contributed by atoms with E-state index >= 15 is 0 Å². The predicted octanol–water partition coefficient (Wildman–Crippen LogP) is 3.92. The number of rotatable bonds is 7. The first-order valence-electron chi connectivity index (χ1n) is 9.00. The monoisotopic (exact) mass is 419 g/mol. The number of esters is 1. The molecule has 2 aromatic rings. The van der Waals surface area contributed by atoms with Gasteiger partial charge in [0.05, 0.1) is 18.2 Å². The van der Waals surface area contributed by atoms with Gasteiger partial charge >= 0.3 is 12.0 Å². The standard InChI is InChI=1S/C20H22ClN3O3S/c1-3-27-19(25)17-15(11-22-12(2)13-7-4-5-8-14(13)21)23-20(26)24-18(17)16-9-6-10-28-16/h4-10,12,18,22H,3,11H2,1-2H3,(H2,23,24,26)/t12-,18+/m1/s1. The largest absolute Gasteiger partial charge is 0.463 e. The third kappa shape index (κ3) is 4.55. The van der Waals surface area contributed by atoms with Crippen molar-refractivity contribution in [1.29, 1.82) is 0 Å². The van der Waals surface area contributed by atoms with E-state index in [0.717, 1.165) is 10.4 Å². The maximum atomic E-state index is 12.7. The molecule has 1 aromatic heterocycles. The molecular formula is C20H22ClN3O3S. The van der Waals surface area contributed by atoms with Crippen molar-refractivity contribution in [2.75, 3.05) is 13.2 Å². The molecule has 28 heavy (non-hydrogen) atoms. The summed E-state index contributed by atoms with van der Waals surface area (Å²) in [7, 11) is 0. The topological polar surface area (TPSA) is 79.5 Å². The molecule has 0 bridgehead atoms. The van der Waals surface area contributed by atoms with Crippen LogP contribution in [0.25, 0.3) is 0 Å². The number of benzene rings is 1. The predicted molar refractivity (Wildman–Crippen MR) is 110 cm³/mol. The van der Waals surface area contributed by atoms with E-state index in [9.17, 15) is 9.59 Å². The van der Waals surface area contributed by atoms with Crippen LogP contribution in [0.4, 0.5) is 4.79 Å². The fourth-order valence-corrected chi connectivity index (χ4v) is 4.15. The highest BCUT2D eigenvalue weighted by atomic mass is 35.5. The number of hydrogen-bond donors (Lipinski definition) is 3. The molecule has 0 fully saturated rings. The van der Waals surface area contributed by atoms with E-state index in [1.807, 2.05) is 48.7 Å². The van der Waals surface area contributed by atoms with Crippen LogP contribution in [0.15, 0.2) is 53.0 Å². The highest BCUT2D eigenvalue weighted by Crippen LogP contribution is 2.31. The second kappa shape index (κ2) is 9.23. The smallest absolute Gasteiger partial charge is 0.338 e. The van der Waals surface area contributed by atoms with Gasteiger partial charge in [0.15, 0.2) is 0 Å². The quantitative estimate of drug-likeness (QED) is 0.594. The van der Waals surface area contributed by atoms with E-state index in [4.69, 9.17) is 16.3 Å². The summed E-state index contributed by atoms with van der Waals surface area (Å²) in [5.74, 6) is -0.449. The third-order valence-electron chi connectivity index (χ3n) is 4.43. The van der Waals surface area contributed by atoms with Crippen LogP contribution in [0.2, 0.25) is 5.02 Å². The van der Waals surface area contributed by atoms with Crippen molar-refractivity contribution < 1.29 is 14.3 Å². The second-order valence-electron chi connectivity index (χ2n) is 6.28. The van der Waals surface area contributed by atoms with Crippen molar-refractivity contribution in [3.8, 4) is 0 Å². The zero-order valence-electron chi connectivity index (χ0n) is 15.6. The van der Waals surface area contributed by atoms with Crippen LogP contribution in [0.1, 0.15) is 36.4 Å². The summed E-state index contributed by atoms with van der Waals surface area (Å²) in [5, 5.41) is 11.5. The van der Waals surface area contributed by atoms with Gasteiger partial charge in [0.1, 0.15) is 0 Å². The fourth-order valence-electron chi connectivity index (χ4n) is 3.07. The molecule has 3 rings (SSSR count). The molecule has 1 aliphatic heterocycles. The molecule has 0 aliphatic carbocycles. The van der Waals surface area contributed by atoms with Crippen LogP contribution in [-0.4, -0.2) is 25.2 Å². The van der Waals surface area contributed by atoms with Crippen molar-refractivity contribution in [1.82, 2.24) is 16.0 Å². The summed E-state index contributed by atoms with van der Waals surface area (Å²) in [6.45, 7) is 4.27. The van der Waals surface area contributed by atoms with Crippen LogP contribution >= 0.6 is 22.9 Å². The highest BCUT2D eigenvalue weighted by Gasteiger charge is 2.34. The Hall–Kier alpha value is -2.35. The summed E-state index contributed by atoms with van der Waals surface area (Å²) in [5.41, 5.74) is 1.85. The Morgan fingerprint density at radius 2 is 2.11 bits per heavy atom. The van der Waals surface area contributed by atoms with Crippen LogP contribution in [0, 0.1) is 0 Å². The Labute approximate surface area is 172 Å². The lowest BCUT2D eigenvalue weighted by molar-refractivity contribution is -0.139. The average Bonchev–Trinajstić information content (AvgIpc) is 3.20. The van der Waals surface area contributed by atoms with Gasteiger partial charge < -0.3 is 20.7 Å². The number of ether oxygens (including phenoxy) is 1. The summed E-state index contributed by atoms with van der Waals surface area (Å²) in [4.78, 5) is 25.8. The van der Waals surface area contributed by atoms with Gasteiger partial charge in [-0.15, -0.1) is 11.3 Å². The van der Waals surface area contributed by atoms with Gasteiger partial charge in [-0.3, -0.25) is 0 Å². The van der Waals surface area contributed by atoms with E-state index in [-0.39, 0.29) is 25.2 Å². The zero-order valence-corrected chi connectivity index (χ0v) is 17.2. The number of hydrogen-bond acceptors (Lipinski definition) is 5. The molecule has 1 aromatic carbocycles. The zero-order chi connectivity index (χ0) is 20.1. The Morgan fingerprint density at radius 3 is 2.79 bits per heavy atom. The van der Waals surface area contributed by atoms with E-state index < -0.39 is 12.0 Å². The molecule has 0 saturated heterocycles. The van der Waals surface area contributed by atoms with Crippen LogP contribution < -0.4 is 16.0 Å². The third-order valence-corrected chi connectivity index (χ3v) is 5.71. The minimum Gasteiger partial charge on any atom is -0.463 e. The summed E-state index contributed by atoms with van der Waals surface area (Å²) in [6, 6.07) is 10.4. The lowest BCUT2D eigenvalue weighted by Crippen LogP contribution is -2.48. The van der Waals surface area contributed by atoms with E-state index in [1.54, 1.807) is 6.92 Å². The molecule has 2 heterocycles. The summed E-state index contributed by atoms with van der Waals surface area (Å²) >= 11 is 7.74. The minimum atomic E-state index is -0.541. The molecular weight excluding hydrogens is 398 g/mol. The molecule has 1 aliphatic rings. The molecule has 148 valence electrons. The SMILES string of the molecule is CCOC(=O)C1=C(CN[C@H](C)c2ccccc2Cl)NC(=O)N[C@H]1c1cccs1. The van der Waals surface area contributed by atoms with Gasteiger partial charge in [-0.05, 0) is 36.9 Å². The van der Waals surface area contributed by atoms with Gasteiger partial charge in [0.25, 0.3) is 0 Å². The van der Waals surface area contributed by atoms with Crippen LogP contribution in [0.3, 0.4) is 0 Å². The number of carbonyl (C=O) groups is 2. The molecule has 2 atom stereocenters. The van der Waals surface area contributed by atoms with Gasteiger partial charge in [-0.1, -0.05) is 35.9 Å². The van der Waals surface area contributed by atoms with Crippen molar-refractivity contribution in [2.45, 2.75) is 25.9 Å². The number of halogens is 1. The fraction of sp³-hybridized carbons (Fsp3) is 0.300. The summed E-state index contributed by atoms with van der Waals surface area (Å²) < 4.78 is 5.25. The van der Waals surface area contributed by atoms with E-state index in [0.29, 0.717) is 16.3 Å². The second-order valence-corrected chi connectivity index (χ2v) is 7.67. The molecule has 0 unspecified atom stereocenters. The van der Waals surface area contributed by atoms with Gasteiger partial charge in [0, 0.05) is 28.2 Å². The first-order chi connectivity index (χ1) is 13.5. The van der Waals surface area contributed by atoms with Crippen molar-refractivity contribution in [3.63, 3.8) is 0 Å². The molecule has 6 nitrogen and oxygen atoms in total. The van der Waals surface area contributed by atoms with Gasteiger partial charge in [-0.2, -0.15) is 0 Å². The minimum absolute atomic E-state index is 0.0726. The number of amides is 2. The van der Waals surface area contributed by atoms with Crippen LogP contribution in [0.5, 0.6) is 0 Å². The van der Waals surface area contributed by atoms with Crippen molar-refractivity contribution in [2.24, 2.45) is 0 Å². The highest BCUT2D eigenvalue weighted by molar-refractivity contribution is 7.10. The molecule has 2 amide bonds. The summed E-state index contributed by atoms with van der Waals surface area (Å²) in [6.07, 6.45) is 0. The lowest BCUT2D eigenvalue weighted by atomic mass is 10.0. The number of urea groups is 1. The Bertz CT molecular complexity index is 883. The Morgan fingerprint density at radius 1 is 1.32 bits per heavy atom.